The molecule has 0 bridgehead atoms. The van der Waals surface area contributed by atoms with E-state index in [1.165, 1.54) is 0 Å². The fourth-order valence-electron chi connectivity index (χ4n) is 2.90. The van der Waals surface area contributed by atoms with Crippen molar-refractivity contribution in [2.24, 2.45) is 5.92 Å². The molecule has 200 valence electrons. The second-order valence-electron chi connectivity index (χ2n) is 8.90. The average molecular weight is 519 g/mol. The Morgan fingerprint density at radius 3 is 1.53 bits per heavy atom. The van der Waals surface area contributed by atoms with Crippen LogP contribution in [0.5, 0.6) is 11.5 Å². The van der Waals surface area contributed by atoms with Gasteiger partial charge in [0.2, 0.25) is 0 Å². The lowest BCUT2D eigenvalue weighted by atomic mass is 10.1. The van der Waals surface area contributed by atoms with Gasteiger partial charge in [-0.3, -0.25) is 0 Å². The molecule has 0 amide bonds. The molecule has 0 aromatic heterocycles. The van der Waals surface area contributed by atoms with Crippen molar-refractivity contribution in [2.75, 3.05) is 19.8 Å². The first-order chi connectivity index (χ1) is 18.0. The molecule has 0 radical (unpaired) electrons. The van der Waals surface area contributed by atoms with Gasteiger partial charge in [-0.25, -0.2) is 14.4 Å². The van der Waals surface area contributed by atoms with Gasteiger partial charge in [0, 0.05) is 22.6 Å². The van der Waals surface area contributed by atoms with Crippen LogP contribution in [0.15, 0.2) is 85.0 Å². The number of esters is 3. The van der Waals surface area contributed by atoms with Crippen LogP contribution < -0.4 is 9.47 Å². The predicted octanol–water partition coefficient (Wildman–Crippen LogP) is 5.96. The molecular formula is C31H34O7. The molecule has 0 atom stereocenters. The molecule has 0 aliphatic rings. The summed E-state index contributed by atoms with van der Waals surface area (Å²) in [4.78, 5) is 35.1. The van der Waals surface area contributed by atoms with E-state index in [0.29, 0.717) is 41.2 Å². The Hall–Kier alpha value is -4.39. The van der Waals surface area contributed by atoms with Crippen LogP contribution >= 0.6 is 0 Å². The second-order valence-corrected chi connectivity index (χ2v) is 8.90. The Morgan fingerprint density at radius 1 is 0.684 bits per heavy atom. The van der Waals surface area contributed by atoms with Crippen LogP contribution in [0.2, 0.25) is 0 Å². The van der Waals surface area contributed by atoms with Gasteiger partial charge < -0.3 is 18.9 Å². The summed E-state index contributed by atoms with van der Waals surface area (Å²) in [7, 11) is 0. The highest BCUT2D eigenvalue weighted by molar-refractivity contribution is 5.89. The quantitative estimate of drug-likeness (QED) is 0.132. The van der Waals surface area contributed by atoms with E-state index >= 15 is 0 Å². The van der Waals surface area contributed by atoms with Crippen molar-refractivity contribution in [3.63, 3.8) is 0 Å². The number of carbonyl (C=O) groups is 3. The van der Waals surface area contributed by atoms with Crippen LogP contribution in [0.4, 0.5) is 0 Å². The highest BCUT2D eigenvalue weighted by atomic mass is 16.5. The van der Waals surface area contributed by atoms with Crippen molar-refractivity contribution in [3.8, 4) is 11.5 Å². The zero-order valence-corrected chi connectivity index (χ0v) is 22.2. The smallest absolute Gasteiger partial charge is 0.338 e. The summed E-state index contributed by atoms with van der Waals surface area (Å²) in [6.45, 7) is 16.0. The molecule has 2 rings (SSSR count). The van der Waals surface area contributed by atoms with Crippen molar-refractivity contribution < 1.29 is 33.3 Å². The molecular weight excluding hydrogens is 484 g/mol. The van der Waals surface area contributed by atoms with E-state index in [-0.39, 0.29) is 19.1 Å². The third kappa shape index (κ3) is 10.7. The molecule has 0 heterocycles. The van der Waals surface area contributed by atoms with E-state index in [4.69, 9.17) is 18.9 Å². The average Bonchev–Trinajstić information content (AvgIpc) is 2.89. The first kappa shape index (κ1) is 29.8. The summed E-state index contributed by atoms with van der Waals surface area (Å²) in [5, 5.41) is 0. The van der Waals surface area contributed by atoms with Gasteiger partial charge in [0.05, 0.1) is 19.8 Å². The molecule has 7 nitrogen and oxygen atoms in total. The summed E-state index contributed by atoms with van der Waals surface area (Å²) in [6.07, 6.45) is 4.41. The van der Waals surface area contributed by atoms with E-state index < -0.39 is 17.9 Å². The number of hydrogen-bond acceptors (Lipinski definition) is 7. The maximum absolute atomic E-state index is 11.7. The van der Waals surface area contributed by atoms with Crippen molar-refractivity contribution in [1.29, 1.82) is 0 Å². The monoisotopic (exact) mass is 518 g/mol. The SMILES string of the molecule is C=C(C)C(=O)OCC(CCOc1ccc(/C=C/c2ccc(OC(=O)C(=C)C)cc2)cc1)COC(=O)C(=C)C. The van der Waals surface area contributed by atoms with Crippen LogP contribution in [0.25, 0.3) is 12.2 Å². The Balaban J connectivity index is 1.87. The van der Waals surface area contributed by atoms with Gasteiger partial charge in [-0.1, -0.05) is 56.2 Å². The molecule has 0 spiro atoms. The summed E-state index contributed by atoms with van der Waals surface area (Å²) in [6, 6.07) is 14.7. The summed E-state index contributed by atoms with van der Waals surface area (Å²) in [5.74, 6) is -0.534. The maximum atomic E-state index is 11.7. The summed E-state index contributed by atoms with van der Waals surface area (Å²) in [5.41, 5.74) is 2.87. The minimum Gasteiger partial charge on any atom is -0.494 e. The number of carbonyl (C=O) groups excluding carboxylic acids is 3. The van der Waals surface area contributed by atoms with Crippen molar-refractivity contribution in [3.05, 3.63) is 96.1 Å². The Labute approximate surface area is 224 Å². The molecule has 38 heavy (non-hydrogen) atoms. The van der Waals surface area contributed by atoms with E-state index in [9.17, 15) is 14.4 Å². The number of rotatable bonds is 14. The predicted molar refractivity (Wildman–Crippen MR) is 147 cm³/mol. The molecule has 0 saturated carbocycles. The van der Waals surface area contributed by atoms with Crippen LogP contribution in [0.3, 0.4) is 0 Å². The Kier molecular flexibility index (Phi) is 11.8. The maximum Gasteiger partial charge on any atom is 0.338 e. The van der Waals surface area contributed by atoms with Crippen molar-refractivity contribution >= 4 is 30.1 Å². The molecule has 0 aliphatic heterocycles. The molecule has 0 aliphatic carbocycles. The van der Waals surface area contributed by atoms with Crippen molar-refractivity contribution in [2.45, 2.75) is 27.2 Å². The number of benzene rings is 2. The fraction of sp³-hybridized carbons (Fsp3) is 0.258. The first-order valence-corrected chi connectivity index (χ1v) is 12.1. The minimum atomic E-state index is -0.493. The molecule has 0 N–H and O–H groups in total. The standard InChI is InChI=1S/C31H34O7/c1-21(2)29(32)36-19-26(20-37-30(33)22(3)4)17-18-35-27-13-9-24(10-14-27)7-8-25-11-15-28(16-12-25)38-31(34)23(5)6/h7-16,26H,1,3,5,17-20H2,2,4,6H3/b8-7+. The zero-order valence-electron chi connectivity index (χ0n) is 22.2. The van der Waals surface area contributed by atoms with Crippen LogP contribution in [0.1, 0.15) is 38.3 Å². The molecule has 2 aromatic carbocycles. The minimum absolute atomic E-state index is 0.0829. The lowest BCUT2D eigenvalue weighted by molar-refractivity contribution is -0.144. The van der Waals surface area contributed by atoms with E-state index in [2.05, 4.69) is 19.7 Å². The van der Waals surface area contributed by atoms with Gasteiger partial charge >= 0.3 is 17.9 Å². The second kappa shape index (κ2) is 15.0. The molecule has 0 unspecified atom stereocenters. The lowest BCUT2D eigenvalue weighted by Crippen LogP contribution is -2.23. The topological polar surface area (TPSA) is 88.1 Å². The Morgan fingerprint density at radius 2 is 1.11 bits per heavy atom. The largest absolute Gasteiger partial charge is 0.494 e. The normalized spacial score (nSPS) is 10.6. The highest BCUT2D eigenvalue weighted by Gasteiger charge is 2.16. The number of ether oxygens (including phenoxy) is 4. The van der Waals surface area contributed by atoms with Crippen molar-refractivity contribution in [1.82, 2.24) is 0 Å². The van der Waals surface area contributed by atoms with Gasteiger partial charge in [-0.05, 0) is 62.6 Å². The summed E-state index contributed by atoms with van der Waals surface area (Å²) < 4.78 is 21.5. The van der Waals surface area contributed by atoms with Crippen LogP contribution in [0, 0.1) is 5.92 Å². The molecule has 0 saturated heterocycles. The summed E-state index contributed by atoms with van der Waals surface area (Å²) >= 11 is 0. The fourth-order valence-corrected chi connectivity index (χ4v) is 2.90. The van der Waals surface area contributed by atoms with Crippen LogP contribution in [-0.4, -0.2) is 37.7 Å². The third-order valence-electron chi connectivity index (χ3n) is 5.18. The van der Waals surface area contributed by atoms with Gasteiger partial charge in [0.15, 0.2) is 0 Å². The Bertz CT molecular complexity index is 1160. The van der Waals surface area contributed by atoms with Gasteiger partial charge in [0.1, 0.15) is 11.5 Å². The van der Waals surface area contributed by atoms with Gasteiger partial charge in [-0.15, -0.1) is 0 Å². The lowest BCUT2D eigenvalue weighted by Gasteiger charge is -2.17. The molecule has 0 fully saturated rings. The van der Waals surface area contributed by atoms with Gasteiger partial charge in [-0.2, -0.15) is 0 Å². The molecule has 2 aromatic rings. The third-order valence-corrected chi connectivity index (χ3v) is 5.18. The first-order valence-electron chi connectivity index (χ1n) is 12.1. The highest BCUT2D eigenvalue weighted by Crippen LogP contribution is 2.18. The van der Waals surface area contributed by atoms with E-state index in [1.54, 1.807) is 32.9 Å². The zero-order chi connectivity index (χ0) is 28.1. The van der Waals surface area contributed by atoms with Crippen LogP contribution in [-0.2, 0) is 23.9 Å². The van der Waals surface area contributed by atoms with E-state index in [0.717, 1.165) is 11.1 Å². The van der Waals surface area contributed by atoms with Gasteiger partial charge in [0.25, 0.3) is 0 Å². The van der Waals surface area contributed by atoms with E-state index in [1.807, 2.05) is 48.6 Å². The molecule has 7 heteroatoms. The number of hydrogen-bond donors (Lipinski definition) is 0.